The highest BCUT2D eigenvalue weighted by Crippen LogP contribution is 2.17. The molecule has 0 aromatic carbocycles. The van der Waals surface area contributed by atoms with E-state index < -0.39 is 12.1 Å². The molecule has 2 atom stereocenters. The van der Waals surface area contributed by atoms with Gasteiger partial charge in [0.15, 0.2) is 0 Å². The van der Waals surface area contributed by atoms with Crippen molar-refractivity contribution in [1.82, 2.24) is 5.32 Å². The van der Waals surface area contributed by atoms with Crippen LogP contribution in [-0.2, 0) is 14.3 Å². The van der Waals surface area contributed by atoms with Gasteiger partial charge >= 0.3 is 5.97 Å². The highest BCUT2D eigenvalue weighted by atomic mass is 16.5. The van der Waals surface area contributed by atoms with Crippen molar-refractivity contribution in [3.05, 3.63) is 24.3 Å². The monoisotopic (exact) mass is 902 g/mol. The van der Waals surface area contributed by atoms with E-state index in [0.29, 0.717) is 25.9 Å². The number of hydrogen-bond donors (Lipinski definition) is 3. The van der Waals surface area contributed by atoms with Gasteiger partial charge in [-0.25, -0.2) is 0 Å². The molecule has 0 saturated heterocycles. The van der Waals surface area contributed by atoms with Crippen LogP contribution in [0.1, 0.15) is 309 Å². The van der Waals surface area contributed by atoms with Crippen molar-refractivity contribution >= 4 is 11.9 Å². The molecule has 0 rings (SSSR count). The van der Waals surface area contributed by atoms with E-state index in [4.69, 9.17) is 4.74 Å². The second kappa shape index (κ2) is 54.0. The van der Waals surface area contributed by atoms with Crippen molar-refractivity contribution in [2.24, 2.45) is 0 Å². The molecule has 0 aliphatic carbocycles. The highest BCUT2D eigenvalue weighted by molar-refractivity contribution is 5.76. The molecule has 64 heavy (non-hydrogen) atoms. The molecule has 0 bridgehead atoms. The first-order valence-corrected chi connectivity index (χ1v) is 28.6. The maximum atomic E-state index is 12.4. The first-order chi connectivity index (χ1) is 31.5. The van der Waals surface area contributed by atoms with Gasteiger partial charge in [0.2, 0.25) is 5.91 Å². The van der Waals surface area contributed by atoms with E-state index in [0.717, 1.165) is 44.9 Å². The minimum absolute atomic E-state index is 0.00131. The van der Waals surface area contributed by atoms with Crippen LogP contribution >= 0.6 is 0 Å². The zero-order valence-electron chi connectivity index (χ0n) is 43.0. The molecule has 0 aliphatic heterocycles. The van der Waals surface area contributed by atoms with Crippen molar-refractivity contribution in [2.45, 2.75) is 321 Å². The lowest BCUT2D eigenvalue weighted by molar-refractivity contribution is -0.143. The fourth-order valence-electron chi connectivity index (χ4n) is 8.81. The highest BCUT2D eigenvalue weighted by Gasteiger charge is 2.20. The van der Waals surface area contributed by atoms with E-state index in [2.05, 4.69) is 43.5 Å². The lowest BCUT2D eigenvalue weighted by Gasteiger charge is -2.22. The molecule has 6 heteroatoms. The number of unbranched alkanes of at least 4 members (excludes halogenated alkanes) is 38. The molecule has 6 nitrogen and oxygen atoms in total. The maximum absolute atomic E-state index is 12.4. The second-order valence-corrected chi connectivity index (χ2v) is 19.6. The van der Waals surface area contributed by atoms with E-state index in [1.165, 1.54) is 231 Å². The number of aliphatic hydroxyl groups is 2. The second-order valence-electron chi connectivity index (χ2n) is 19.6. The summed E-state index contributed by atoms with van der Waals surface area (Å²) in [5.41, 5.74) is 0. The van der Waals surface area contributed by atoms with Gasteiger partial charge in [-0.05, 0) is 77.0 Å². The Labute approximate surface area is 399 Å². The lowest BCUT2D eigenvalue weighted by Crippen LogP contribution is -2.45. The third-order valence-electron chi connectivity index (χ3n) is 13.2. The fraction of sp³-hybridized carbons (Fsp3) is 0.897. The summed E-state index contributed by atoms with van der Waals surface area (Å²) in [6.45, 7) is 4.92. The summed E-state index contributed by atoms with van der Waals surface area (Å²) in [6.07, 6.45) is 64.6. The van der Waals surface area contributed by atoms with E-state index in [1.54, 1.807) is 0 Å². The van der Waals surface area contributed by atoms with E-state index in [1.807, 2.05) is 0 Å². The average molecular weight is 903 g/mol. The Bertz CT molecular complexity index is 997. The first-order valence-electron chi connectivity index (χ1n) is 28.6. The van der Waals surface area contributed by atoms with Gasteiger partial charge in [0.25, 0.3) is 0 Å². The van der Waals surface area contributed by atoms with Crippen molar-refractivity contribution in [2.75, 3.05) is 13.2 Å². The van der Waals surface area contributed by atoms with Crippen LogP contribution in [0.3, 0.4) is 0 Å². The molecule has 3 N–H and O–H groups in total. The SMILES string of the molecule is CCCCC/C=C\CCCCCCCC(=O)OCCCCCCCCCCCCCC/C=C\CCCCCCCCCC(=O)NC(CO)C(O)CCCCCCCCCCCCCC. The Morgan fingerprint density at radius 3 is 1.14 bits per heavy atom. The summed E-state index contributed by atoms with van der Waals surface area (Å²) in [4.78, 5) is 24.4. The first kappa shape index (κ1) is 62.3. The van der Waals surface area contributed by atoms with Crippen molar-refractivity contribution in [1.29, 1.82) is 0 Å². The van der Waals surface area contributed by atoms with Crippen LogP contribution in [0.15, 0.2) is 24.3 Å². The molecule has 0 radical (unpaired) electrons. The summed E-state index contributed by atoms with van der Waals surface area (Å²) in [5, 5.41) is 23.2. The average Bonchev–Trinajstić information content (AvgIpc) is 3.29. The molecule has 0 saturated carbocycles. The topological polar surface area (TPSA) is 95.9 Å². The summed E-state index contributed by atoms with van der Waals surface area (Å²) in [5.74, 6) is -0.0401. The molecule has 0 spiro atoms. The van der Waals surface area contributed by atoms with Gasteiger partial charge in [-0.1, -0.05) is 244 Å². The van der Waals surface area contributed by atoms with Crippen LogP contribution in [0.5, 0.6) is 0 Å². The lowest BCUT2D eigenvalue weighted by atomic mass is 10.0. The number of amides is 1. The predicted molar refractivity (Wildman–Crippen MR) is 278 cm³/mol. The third-order valence-corrected chi connectivity index (χ3v) is 13.2. The van der Waals surface area contributed by atoms with E-state index in [9.17, 15) is 19.8 Å². The minimum atomic E-state index is -0.666. The van der Waals surface area contributed by atoms with E-state index in [-0.39, 0.29) is 18.5 Å². The number of carbonyl (C=O) groups is 2. The smallest absolute Gasteiger partial charge is 0.305 e. The van der Waals surface area contributed by atoms with Crippen molar-refractivity contribution in [3.63, 3.8) is 0 Å². The summed E-state index contributed by atoms with van der Waals surface area (Å²) in [7, 11) is 0. The number of hydrogen-bond acceptors (Lipinski definition) is 5. The molecule has 1 amide bonds. The Morgan fingerprint density at radius 1 is 0.422 bits per heavy atom. The number of carbonyl (C=O) groups excluding carboxylic acids is 2. The number of rotatable bonds is 53. The van der Waals surface area contributed by atoms with Gasteiger partial charge in [-0.3, -0.25) is 9.59 Å². The third kappa shape index (κ3) is 49.8. The molecule has 378 valence electrons. The summed E-state index contributed by atoms with van der Waals surface area (Å²) in [6, 6.07) is -0.544. The summed E-state index contributed by atoms with van der Waals surface area (Å²) >= 11 is 0. The fourth-order valence-corrected chi connectivity index (χ4v) is 8.81. The molecule has 2 unspecified atom stereocenters. The number of ether oxygens (including phenoxy) is 1. The van der Waals surface area contributed by atoms with Gasteiger partial charge in [0.1, 0.15) is 0 Å². The zero-order chi connectivity index (χ0) is 46.5. The van der Waals surface area contributed by atoms with E-state index >= 15 is 0 Å². The van der Waals surface area contributed by atoms with Crippen LogP contribution in [0, 0.1) is 0 Å². The molecule has 0 heterocycles. The maximum Gasteiger partial charge on any atom is 0.305 e. The normalized spacial score (nSPS) is 12.8. The Morgan fingerprint density at radius 2 is 0.734 bits per heavy atom. The number of nitrogens with one attached hydrogen (secondary N) is 1. The van der Waals surface area contributed by atoms with Crippen LogP contribution in [0.25, 0.3) is 0 Å². The van der Waals surface area contributed by atoms with Crippen molar-refractivity contribution < 1.29 is 24.5 Å². The number of esters is 1. The molecule has 0 aromatic rings. The molecule has 0 aliphatic rings. The number of aliphatic hydroxyl groups excluding tert-OH is 2. The Kier molecular flexibility index (Phi) is 52.6. The largest absolute Gasteiger partial charge is 0.466 e. The van der Waals surface area contributed by atoms with Gasteiger partial charge < -0.3 is 20.3 Å². The zero-order valence-corrected chi connectivity index (χ0v) is 43.0. The Hall–Kier alpha value is -1.66. The Balaban J connectivity index is 3.40. The van der Waals surface area contributed by atoms with Gasteiger partial charge in [-0.2, -0.15) is 0 Å². The van der Waals surface area contributed by atoms with Gasteiger partial charge in [0, 0.05) is 12.8 Å². The van der Waals surface area contributed by atoms with Gasteiger partial charge in [0.05, 0.1) is 25.4 Å². The summed E-state index contributed by atoms with van der Waals surface area (Å²) < 4.78 is 5.46. The van der Waals surface area contributed by atoms with Crippen LogP contribution in [0.4, 0.5) is 0 Å². The predicted octanol–water partition coefficient (Wildman–Crippen LogP) is 17.5. The quantitative estimate of drug-likeness (QED) is 0.0321. The van der Waals surface area contributed by atoms with Crippen LogP contribution in [0.2, 0.25) is 0 Å². The van der Waals surface area contributed by atoms with Gasteiger partial charge in [-0.15, -0.1) is 0 Å². The molecular formula is C58H111NO5. The van der Waals surface area contributed by atoms with Crippen LogP contribution in [-0.4, -0.2) is 47.4 Å². The van der Waals surface area contributed by atoms with Crippen LogP contribution < -0.4 is 5.32 Å². The standard InChI is InChI=1S/C58H111NO5/c1-3-5-7-9-11-13-15-30-34-38-42-46-50-56(61)55(54-60)59-57(62)51-47-43-39-35-31-28-26-24-22-20-18-17-19-21-23-25-27-29-33-37-41-45-49-53-64-58(63)52-48-44-40-36-32-16-14-12-10-8-6-4-2/h12,14,20,22,55-56,60-61H,3-11,13,15-19,21,23-54H2,1-2H3,(H,59,62)/b14-12-,22-20-. The number of allylic oxidation sites excluding steroid dienone is 4. The minimum Gasteiger partial charge on any atom is -0.466 e. The molecular weight excluding hydrogens is 791 g/mol. The van der Waals surface area contributed by atoms with Crippen molar-refractivity contribution in [3.8, 4) is 0 Å². The molecule has 0 fully saturated rings. The molecule has 0 aromatic heterocycles.